The van der Waals surface area contributed by atoms with Crippen LogP contribution in [0.5, 0.6) is 23.0 Å². The van der Waals surface area contributed by atoms with E-state index in [1.54, 1.807) is 55.6 Å². The van der Waals surface area contributed by atoms with Gasteiger partial charge in [0.2, 0.25) is 0 Å². The van der Waals surface area contributed by atoms with Crippen LogP contribution in [0.1, 0.15) is 6.92 Å². The van der Waals surface area contributed by atoms with Gasteiger partial charge in [-0.05, 0) is 67.6 Å². The largest absolute Gasteiger partial charge is 0.494 e. The van der Waals surface area contributed by atoms with E-state index in [9.17, 15) is 8.42 Å². The molecule has 0 amide bonds. The Morgan fingerprint density at radius 2 is 1.43 bits per heavy atom. The second-order valence-electron chi connectivity index (χ2n) is 5.79. The van der Waals surface area contributed by atoms with E-state index in [4.69, 9.17) is 14.2 Å². The zero-order chi connectivity index (χ0) is 20.0. The Kier molecular flexibility index (Phi) is 6.06. The number of rotatable bonds is 8. The van der Waals surface area contributed by atoms with Crippen LogP contribution in [0.4, 0.5) is 5.69 Å². The number of hydrogen-bond donors (Lipinski definition) is 1. The van der Waals surface area contributed by atoms with Crippen LogP contribution in [-0.4, -0.2) is 22.1 Å². The molecule has 3 rings (SSSR count). The van der Waals surface area contributed by atoms with Gasteiger partial charge in [0.15, 0.2) is 11.5 Å². The zero-order valence-electron chi connectivity index (χ0n) is 15.6. The summed E-state index contributed by atoms with van der Waals surface area (Å²) in [6, 6.07) is 20.1. The molecule has 0 heterocycles. The summed E-state index contributed by atoms with van der Waals surface area (Å²) in [5.74, 6) is 2.33. The molecule has 0 fully saturated rings. The molecule has 0 aliphatic carbocycles. The molecule has 0 atom stereocenters. The lowest BCUT2D eigenvalue weighted by molar-refractivity contribution is 0.340. The van der Waals surface area contributed by atoms with Gasteiger partial charge in [-0.1, -0.05) is 12.1 Å². The van der Waals surface area contributed by atoms with Crippen molar-refractivity contribution in [3.05, 3.63) is 72.8 Å². The zero-order valence-corrected chi connectivity index (χ0v) is 16.4. The second kappa shape index (κ2) is 8.67. The molecule has 3 aromatic rings. The first-order valence-corrected chi connectivity index (χ1v) is 10.2. The van der Waals surface area contributed by atoms with Gasteiger partial charge in [-0.15, -0.1) is 0 Å². The maximum atomic E-state index is 12.6. The molecule has 0 radical (unpaired) electrons. The van der Waals surface area contributed by atoms with Gasteiger partial charge < -0.3 is 14.2 Å². The van der Waals surface area contributed by atoms with Crippen LogP contribution in [0.2, 0.25) is 0 Å². The number of para-hydroxylation sites is 2. The molecule has 6 nitrogen and oxygen atoms in total. The number of methoxy groups -OCH3 is 1. The Balaban J connectivity index is 1.72. The molecule has 0 unspecified atom stereocenters. The highest BCUT2D eigenvalue weighted by Crippen LogP contribution is 2.31. The Morgan fingerprint density at radius 3 is 2.04 bits per heavy atom. The van der Waals surface area contributed by atoms with Gasteiger partial charge in [-0.25, -0.2) is 8.42 Å². The molecular weight excluding hydrogens is 378 g/mol. The highest BCUT2D eigenvalue weighted by Gasteiger charge is 2.15. The van der Waals surface area contributed by atoms with Crippen LogP contribution in [-0.2, 0) is 10.0 Å². The first-order chi connectivity index (χ1) is 13.5. The van der Waals surface area contributed by atoms with Crippen molar-refractivity contribution < 1.29 is 22.6 Å². The number of sulfonamides is 1. The average Bonchev–Trinajstić information content (AvgIpc) is 2.70. The summed E-state index contributed by atoms with van der Waals surface area (Å²) < 4.78 is 44.1. The first-order valence-electron chi connectivity index (χ1n) is 8.68. The SMILES string of the molecule is CCOc1ccc(NS(=O)(=O)c2ccc(Oc3ccccc3OC)cc2)cc1. The van der Waals surface area contributed by atoms with E-state index >= 15 is 0 Å². The summed E-state index contributed by atoms with van der Waals surface area (Å²) >= 11 is 0. The maximum Gasteiger partial charge on any atom is 0.261 e. The van der Waals surface area contributed by atoms with E-state index in [0.717, 1.165) is 0 Å². The number of nitrogens with one attached hydrogen (secondary N) is 1. The van der Waals surface area contributed by atoms with Crippen molar-refractivity contribution in [2.24, 2.45) is 0 Å². The van der Waals surface area contributed by atoms with Crippen molar-refractivity contribution >= 4 is 15.7 Å². The highest BCUT2D eigenvalue weighted by atomic mass is 32.2. The van der Waals surface area contributed by atoms with Gasteiger partial charge >= 0.3 is 0 Å². The van der Waals surface area contributed by atoms with Crippen LogP contribution in [0, 0.1) is 0 Å². The van der Waals surface area contributed by atoms with Crippen molar-refractivity contribution in [2.75, 3.05) is 18.4 Å². The minimum Gasteiger partial charge on any atom is -0.494 e. The van der Waals surface area contributed by atoms with Crippen molar-refractivity contribution in [3.8, 4) is 23.0 Å². The molecule has 0 saturated carbocycles. The quantitative estimate of drug-likeness (QED) is 0.595. The third-order valence-corrected chi connectivity index (χ3v) is 5.25. The Labute approximate surface area is 164 Å². The highest BCUT2D eigenvalue weighted by molar-refractivity contribution is 7.92. The van der Waals surface area contributed by atoms with E-state index in [-0.39, 0.29) is 4.90 Å². The van der Waals surface area contributed by atoms with Gasteiger partial charge in [0.25, 0.3) is 10.0 Å². The van der Waals surface area contributed by atoms with Gasteiger partial charge in [0.1, 0.15) is 11.5 Å². The van der Waals surface area contributed by atoms with Crippen LogP contribution in [0.3, 0.4) is 0 Å². The van der Waals surface area contributed by atoms with E-state index < -0.39 is 10.0 Å². The number of benzene rings is 3. The summed E-state index contributed by atoms with van der Waals surface area (Å²) in [7, 11) is -2.15. The van der Waals surface area contributed by atoms with Gasteiger partial charge in [0.05, 0.1) is 18.6 Å². The monoisotopic (exact) mass is 399 g/mol. The van der Waals surface area contributed by atoms with Crippen LogP contribution in [0.25, 0.3) is 0 Å². The van der Waals surface area contributed by atoms with Crippen LogP contribution in [0.15, 0.2) is 77.7 Å². The third-order valence-electron chi connectivity index (χ3n) is 3.85. The fraction of sp³-hybridized carbons (Fsp3) is 0.143. The summed E-state index contributed by atoms with van der Waals surface area (Å²) in [5.41, 5.74) is 0.456. The van der Waals surface area contributed by atoms with Gasteiger partial charge in [0, 0.05) is 5.69 Å². The molecule has 0 aliphatic heterocycles. The van der Waals surface area contributed by atoms with E-state index in [1.165, 1.54) is 12.1 Å². The predicted octanol–water partition coefficient (Wildman–Crippen LogP) is 4.69. The lowest BCUT2D eigenvalue weighted by atomic mass is 10.3. The topological polar surface area (TPSA) is 73.9 Å². The standard InChI is InChI=1S/C21H21NO5S/c1-3-26-17-10-8-16(9-11-17)22-28(23,24)19-14-12-18(13-15-19)27-21-7-5-4-6-20(21)25-2/h4-15,22H,3H2,1-2H3. The van der Waals surface area contributed by atoms with E-state index in [0.29, 0.717) is 35.3 Å². The van der Waals surface area contributed by atoms with Gasteiger partial charge in [-0.2, -0.15) is 0 Å². The van der Waals surface area contributed by atoms with Crippen molar-refractivity contribution in [3.63, 3.8) is 0 Å². The van der Waals surface area contributed by atoms with Crippen LogP contribution < -0.4 is 18.9 Å². The smallest absolute Gasteiger partial charge is 0.261 e. The van der Waals surface area contributed by atoms with E-state index in [2.05, 4.69) is 4.72 Å². The molecule has 28 heavy (non-hydrogen) atoms. The number of ether oxygens (including phenoxy) is 3. The third kappa shape index (κ3) is 4.75. The molecule has 0 aliphatic rings. The Bertz CT molecular complexity index is 1020. The van der Waals surface area contributed by atoms with Gasteiger partial charge in [-0.3, -0.25) is 4.72 Å². The van der Waals surface area contributed by atoms with Crippen molar-refractivity contribution in [1.29, 1.82) is 0 Å². The summed E-state index contributed by atoms with van der Waals surface area (Å²) in [4.78, 5) is 0.133. The molecular formula is C21H21NO5S. The molecule has 3 aromatic carbocycles. The minimum absolute atomic E-state index is 0.133. The molecule has 0 spiro atoms. The first kappa shape index (κ1) is 19.6. The minimum atomic E-state index is -3.71. The Morgan fingerprint density at radius 1 is 0.821 bits per heavy atom. The second-order valence-corrected chi connectivity index (χ2v) is 7.47. The maximum absolute atomic E-state index is 12.6. The molecule has 0 saturated heterocycles. The fourth-order valence-electron chi connectivity index (χ4n) is 2.52. The average molecular weight is 399 g/mol. The molecule has 146 valence electrons. The van der Waals surface area contributed by atoms with Crippen molar-refractivity contribution in [2.45, 2.75) is 11.8 Å². The predicted molar refractivity (Wildman–Crippen MR) is 108 cm³/mol. The molecule has 7 heteroatoms. The summed E-state index contributed by atoms with van der Waals surface area (Å²) in [6.07, 6.45) is 0. The fourth-order valence-corrected chi connectivity index (χ4v) is 3.58. The normalized spacial score (nSPS) is 10.9. The number of hydrogen-bond acceptors (Lipinski definition) is 5. The summed E-state index contributed by atoms with van der Waals surface area (Å²) in [5, 5.41) is 0. The van der Waals surface area contributed by atoms with E-state index in [1.807, 2.05) is 19.1 Å². The summed E-state index contributed by atoms with van der Waals surface area (Å²) in [6.45, 7) is 2.44. The van der Waals surface area contributed by atoms with Crippen molar-refractivity contribution in [1.82, 2.24) is 0 Å². The number of anilines is 1. The molecule has 0 bridgehead atoms. The molecule has 1 N–H and O–H groups in total. The Hall–Kier alpha value is -3.19. The molecule has 0 aromatic heterocycles. The lowest BCUT2D eigenvalue weighted by Crippen LogP contribution is -2.12. The lowest BCUT2D eigenvalue weighted by Gasteiger charge is -2.11. The van der Waals surface area contributed by atoms with Crippen LogP contribution >= 0.6 is 0 Å².